The minimum absolute atomic E-state index is 0.186. The zero-order valence-electron chi connectivity index (χ0n) is 21.0. The number of carboxylic acids is 1. The number of nitrogens with one attached hydrogen (secondary N) is 1. The molecule has 2 aromatic carbocycles. The van der Waals surface area contributed by atoms with E-state index in [2.05, 4.69) is 5.32 Å². The van der Waals surface area contributed by atoms with Gasteiger partial charge >= 0.3 is 5.97 Å². The first kappa shape index (κ1) is 26.2. The molecule has 0 saturated heterocycles. The lowest BCUT2D eigenvalue weighted by atomic mass is 9.78. The normalized spacial score (nSPS) is 12.4. The number of phenols is 1. The summed E-state index contributed by atoms with van der Waals surface area (Å²) in [5.41, 5.74) is 1.10. The number of carbonyl (C=O) groups excluding carboxylic acids is 1. The van der Waals surface area contributed by atoms with E-state index in [1.165, 1.54) is 13.8 Å². The lowest BCUT2D eigenvalue weighted by Gasteiger charge is -2.28. The number of aromatic hydroxyl groups is 1. The number of carboxylic acid groups (broad SMARTS) is 1. The van der Waals surface area contributed by atoms with Crippen molar-refractivity contribution < 1.29 is 24.5 Å². The molecule has 0 aromatic heterocycles. The summed E-state index contributed by atoms with van der Waals surface area (Å²) in [7, 11) is 0. The minimum atomic E-state index is -1.31. The Morgan fingerprint density at radius 2 is 1.36 bits per heavy atom. The first-order chi connectivity index (χ1) is 15.0. The average molecular weight is 456 g/mol. The smallest absolute Gasteiger partial charge is 0.347 e. The first-order valence-electron chi connectivity index (χ1n) is 11.2. The van der Waals surface area contributed by atoms with Crippen molar-refractivity contribution >= 4 is 11.9 Å². The third-order valence-corrected chi connectivity index (χ3v) is 5.50. The van der Waals surface area contributed by atoms with Gasteiger partial charge in [-0.3, -0.25) is 4.79 Å². The van der Waals surface area contributed by atoms with Gasteiger partial charge in [0.15, 0.2) is 5.60 Å². The molecule has 180 valence electrons. The van der Waals surface area contributed by atoms with Crippen molar-refractivity contribution in [3.8, 4) is 11.5 Å². The number of hydrogen-bond donors (Lipinski definition) is 3. The van der Waals surface area contributed by atoms with Gasteiger partial charge in [0.05, 0.1) is 0 Å². The Morgan fingerprint density at radius 1 is 0.879 bits per heavy atom. The minimum Gasteiger partial charge on any atom is -0.507 e. The van der Waals surface area contributed by atoms with Crippen LogP contribution in [0.25, 0.3) is 0 Å². The maximum absolute atomic E-state index is 12.9. The largest absolute Gasteiger partial charge is 0.507 e. The van der Waals surface area contributed by atoms with E-state index in [0.717, 1.165) is 16.7 Å². The van der Waals surface area contributed by atoms with Gasteiger partial charge in [-0.15, -0.1) is 0 Å². The summed E-state index contributed by atoms with van der Waals surface area (Å²) in [6, 6.07) is 10.7. The topological polar surface area (TPSA) is 95.9 Å². The number of rotatable bonds is 7. The van der Waals surface area contributed by atoms with Crippen LogP contribution in [0.1, 0.15) is 82.4 Å². The van der Waals surface area contributed by atoms with Crippen LogP contribution in [0.3, 0.4) is 0 Å². The molecule has 2 rings (SSSR count). The fraction of sp³-hybridized carbons (Fsp3) is 0.481. The van der Waals surface area contributed by atoms with Crippen LogP contribution >= 0.6 is 0 Å². The van der Waals surface area contributed by atoms with Gasteiger partial charge in [-0.2, -0.15) is 0 Å². The fourth-order valence-corrected chi connectivity index (χ4v) is 3.39. The Bertz CT molecular complexity index is 973. The monoisotopic (exact) mass is 455 g/mol. The second kappa shape index (κ2) is 9.46. The number of carbonyl (C=O) groups is 2. The summed E-state index contributed by atoms with van der Waals surface area (Å²) in [6.07, 6.45) is 0.616. The number of ether oxygens (including phenoxy) is 1. The zero-order chi connectivity index (χ0) is 25.2. The number of phenolic OH excluding ortho intramolecular Hbond substituents is 1. The zero-order valence-corrected chi connectivity index (χ0v) is 21.0. The van der Waals surface area contributed by atoms with E-state index in [9.17, 15) is 19.8 Å². The van der Waals surface area contributed by atoms with Crippen LogP contribution in [0.15, 0.2) is 36.4 Å². The number of hydrogen-bond acceptors (Lipinski definition) is 4. The Morgan fingerprint density at radius 3 is 1.79 bits per heavy atom. The molecule has 6 nitrogen and oxygen atoms in total. The van der Waals surface area contributed by atoms with Crippen molar-refractivity contribution in [3.63, 3.8) is 0 Å². The van der Waals surface area contributed by atoms with Gasteiger partial charge < -0.3 is 20.3 Å². The average Bonchev–Trinajstić information content (AvgIpc) is 2.67. The molecule has 0 spiro atoms. The van der Waals surface area contributed by atoms with Crippen LogP contribution in [0.4, 0.5) is 0 Å². The molecule has 0 aliphatic carbocycles. The summed E-state index contributed by atoms with van der Waals surface area (Å²) in [5, 5.41) is 23.0. The van der Waals surface area contributed by atoms with Gasteiger partial charge in [-0.1, -0.05) is 53.7 Å². The van der Waals surface area contributed by atoms with E-state index in [0.29, 0.717) is 24.3 Å². The summed E-state index contributed by atoms with van der Waals surface area (Å²) in [4.78, 5) is 24.1. The number of amides is 1. The van der Waals surface area contributed by atoms with E-state index in [-0.39, 0.29) is 22.5 Å². The molecule has 0 aliphatic heterocycles. The van der Waals surface area contributed by atoms with Crippen molar-refractivity contribution in [1.29, 1.82) is 0 Å². The predicted molar refractivity (Wildman–Crippen MR) is 130 cm³/mol. The van der Waals surface area contributed by atoms with Gasteiger partial charge in [-0.25, -0.2) is 4.79 Å². The second-order valence-corrected chi connectivity index (χ2v) is 11.0. The Labute approximate surface area is 197 Å². The summed E-state index contributed by atoms with van der Waals surface area (Å²) < 4.78 is 5.52. The third-order valence-electron chi connectivity index (χ3n) is 5.50. The van der Waals surface area contributed by atoms with Crippen molar-refractivity contribution in [2.45, 2.75) is 78.2 Å². The fourth-order valence-electron chi connectivity index (χ4n) is 3.39. The Kier molecular flexibility index (Phi) is 7.52. The SMILES string of the molecule is CC(C)(Oc1ccc(CCNC(=O)c2cc(C(C)(C)C)c(O)c(C(C)(C)C)c2)cc1)C(=O)O. The molecule has 0 heterocycles. The highest BCUT2D eigenvalue weighted by molar-refractivity contribution is 5.95. The molecule has 0 unspecified atom stereocenters. The summed E-state index contributed by atoms with van der Waals surface area (Å²) in [6.45, 7) is 15.5. The number of aliphatic carboxylic acids is 1. The van der Waals surface area contributed by atoms with Crippen LogP contribution in [-0.4, -0.2) is 34.2 Å². The molecule has 1 amide bonds. The Hall–Kier alpha value is -3.02. The van der Waals surface area contributed by atoms with E-state index < -0.39 is 11.6 Å². The highest BCUT2D eigenvalue weighted by atomic mass is 16.5. The standard InChI is InChI=1S/C27H37NO5/c1-25(2,3)20-15-18(16-21(22(20)29)26(4,5)6)23(30)28-14-13-17-9-11-19(12-10-17)33-27(7,8)24(31)32/h9-12,15-16,29H,13-14H2,1-8H3,(H,28,30)(H,31,32). The quantitative estimate of drug-likeness (QED) is 0.533. The van der Waals surface area contributed by atoms with E-state index >= 15 is 0 Å². The molecule has 6 heteroatoms. The van der Waals surface area contributed by atoms with Gasteiger partial charge in [-0.05, 0) is 60.9 Å². The molecule has 0 aliphatic rings. The first-order valence-corrected chi connectivity index (χ1v) is 11.2. The highest BCUT2D eigenvalue weighted by Crippen LogP contribution is 2.39. The molecule has 0 bridgehead atoms. The molecule has 3 N–H and O–H groups in total. The van der Waals surface area contributed by atoms with Crippen molar-refractivity contribution in [2.24, 2.45) is 0 Å². The Balaban J connectivity index is 2.10. The van der Waals surface area contributed by atoms with Crippen molar-refractivity contribution in [2.75, 3.05) is 6.54 Å². The maximum atomic E-state index is 12.9. The van der Waals surface area contributed by atoms with Gasteiger partial charge in [0.25, 0.3) is 5.91 Å². The third kappa shape index (κ3) is 6.73. The maximum Gasteiger partial charge on any atom is 0.347 e. The molecule has 0 fully saturated rings. The van der Waals surface area contributed by atoms with Gasteiger partial charge in [0.2, 0.25) is 0 Å². The lowest BCUT2D eigenvalue weighted by Crippen LogP contribution is -2.37. The molecule has 33 heavy (non-hydrogen) atoms. The predicted octanol–water partition coefficient (Wildman–Crippen LogP) is 5.20. The van der Waals surface area contributed by atoms with Crippen LogP contribution < -0.4 is 10.1 Å². The molecule has 2 aromatic rings. The highest BCUT2D eigenvalue weighted by Gasteiger charge is 2.29. The lowest BCUT2D eigenvalue weighted by molar-refractivity contribution is -0.152. The number of benzene rings is 2. The van der Waals surface area contributed by atoms with Gasteiger partial charge in [0.1, 0.15) is 11.5 Å². The molecular formula is C27H37NO5. The second-order valence-electron chi connectivity index (χ2n) is 11.0. The van der Waals surface area contributed by atoms with Crippen molar-refractivity contribution in [3.05, 3.63) is 58.7 Å². The molecule has 0 atom stereocenters. The summed E-state index contributed by atoms with van der Waals surface area (Å²) in [5.74, 6) is -0.495. The van der Waals surface area contributed by atoms with E-state index in [4.69, 9.17) is 4.74 Å². The van der Waals surface area contributed by atoms with Crippen LogP contribution in [-0.2, 0) is 22.0 Å². The van der Waals surface area contributed by atoms with Crippen LogP contribution in [0, 0.1) is 0 Å². The van der Waals surface area contributed by atoms with Crippen molar-refractivity contribution in [1.82, 2.24) is 5.32 Å². The van der Waals surface area contributed by atoms with Gasteiger partial charge in [0, 0.05) is 23.2 Å². The molecule has 0 radical (unpaired) electrons. The van der Waals surface area contributed by atoms with Crippen LogP contribution in [0.2, 0.25) is 0 Å². The van der Waals surface area contributed by atoms with Crippen LogP contribution in [0.5, 0.6) is 11.5 Å². The molecular weight excluding hydrogens is 418 g/mol. The van der Waals surface area contributed by atoms with E-state index in [1.807, 2.05) is 53.7 Å². The van der Waals surface area contributed by atoms with E-state index in [1.54, 1.807) is 24.3 Å². The molecule has 0 saturated carbocycles. The summed E-state index contributed by atoms with van der Waals surface area (Å²) >= 11 is 0.